The molecule has 0 bridgehead atoms. The molecule has 0 amide bonds. The van der Waals surface area contributed by atoms with E-state index >= 15 is 0 Å². The fourth-order valence-electron chi connectivity index (χ4n) is 0.459. The number of ether oxygens (including phenoxy) is 1. The number of esters is 2. The number of hydrogen-bond acceptors (Lipinski definition) is 4. The van der Waals surface area contributed by atoms with Crippen LogP contribution < -0.4 is 0 Å². The standard InChI is InChI=1S/C4H2O5Se/c5-3-1-2(10(7)8)4(6)9-3/h1H,(H,7,8). The van der Waals surface area contributed by atoms with E-state index in [1.54, 1.807) is 0 Å². The second kappa shape index (κ2) is 2.42. The quantitative estimate of drug-likeness (QED) is 0.321. The van der Waals surface area contributed by atoms with E-state index in [-0.39, 0.29) is 0 Å². The van der Waals surface area contributed by atoms with Crippen molar-refractivity contribution in [3.8, 4) is 0 Å². The Balaban J connectivity index is 2.96. The molecule has 1 atom stereocenters. The average molecular weight is 209 g/mol. The summed E-state index contributed by atoms with van der Waals surface area (Å²) in [5, 5.41) is 0. The van der Waals surface area contributed by atoms with Gasteiger partial charge in [0.2, 0.25) is 0 Å². The summed E-state index contributed by atoms with van der Waals surface area (Å²) in [4.78, 5) is 20.6. The maximum atomic E-state index is 10.4. The molecule has 0 aliphatic carbocycles. The molecule has 5 nitrogen and oxygen atoms in total. The summed E-state index contributed by atoms with van der Waals surface area (Å²) in [6, 6.07) is 0. The molecule has 0 saturated heterocycles. The number of hydrogen-bond donors (Lipinski definition) is 1. The van der Waals surface area contributed by atoms with Crippen molar-refractivity contribution in [2.24, 2.45) is 0 Å². The number of cyclic esters (lactones) is 2. The minimum absolute atomic E-state index is 0.412. The number of rotatable bonds is 1. The average Bonchev–Trinajstić information content (AvgIpc) is 2.10. The van der Waals surface area contributed by atoms with Gasteiger partial charge in [-0.25, -0.2) is 0 Å². The van der Waals surface area contributed by atoms with Crippen molar-refractivity contribution in [3.05, 3.63) is 10.5 Å². The fourth-order valence-corrected chi connectivity index (χ4v) is 1.26. The van der Waals surface area contributed by atoms with Crippen LogP contribution in [0.2, 0.25) is 0 Å². The molecule has 0 aromatic heterocycles. The van der Waals surface area contributed by atoms with Crippen molar-refractivity contribution in [3.63, 3.8) is 0 Å². The zero-order chi connectivity index (χ0) is 7.72. The normalized spacial score (nSPS) is 20.3. The monoisotopic (exact) mass is 210 g/mol. The van der Waals surface area contributed by atoms with Crippen molar-refractivity contribution in [2.75, 3.05) is 0 Å². The zero-order valence-corrected chi connectivity index (χ0v) is 6.28. The van der Waals surface area contributed by atoms with E-state index in [1.807, 2.05) is 0 Å². The van der Waals surface area contributed by atoms with Gasteiger partial charge in [-0.2, -0.15) is 0 Å². The molecule has 1 N–H and O–H groups in total. The van der Waals surface area contributed by atoms with Crippen molar-refractivity contribution in [1.29, 1.82) is 0 Å². The molecule has 0 saturated carbocycles. The molecule has 1 unspecified atom stereocenters. The van der Waals surface area contributed by atoms with Crippen molar-refractivity contribution < 1.29 is 22.3 Å². The van der Waals surface area contributed by atoms with Crippen LogP contribution >= 0.6 is 0 Å². The number of carbonyl (C=O) groups is 2. The Kier molecular flexibility index (Phi) is 1.76. The summed E-state index contributed by atoms with van der Waals surface area (Å²) < 4.78 is 22.2. The zero-order valence-electron chi connectivity index (χ0n) is 4.57. The summed E-state index contributed by atoms with van der Waals surface area (Å²) in [6.07, 6.45) is 0.736. The van der Waals surface area contributed by atoms with Gasteiger partial charge in [-0.1, -0.05) is 0 Å². The Bertz CT molecular complexity index is 252. The third-order valence-corrected chi connectivity index (χ3v) is 2.22. The van der Waals surface area contributed by atoms with E-state index in [2.05, 4.69) is 4.74 Å². The van der Waals surface area contributed by atoms with Gasteiger partial charge in [0.25, 0.3) is 0 Å². The van der Waals surface area contributed by atoms with E-state index in [9.17, 15) is 13.4 Å². The summed E-state index contributed by atoms with van der Waals surface area (Å²) in [5.41, 5.74) is 0. The molecule has 0 fully saturated rings. The molecular formula is C4H2O5Se. The number of carbonyl (C=O) groups excluding carboxylic acids is 2. The van der Waals surface area contributed by atoms with Gasteiger partial charge in [0.1, 0.15) is 0 Å². The summed E-state index contributed by atoms with van der Waals surface area (Å²) in [7, 11) is 0. The minimum atomic E-state index is -3.28. The maximum absolute atomic E-state index is 10.4. The molecule has 0 radical (unpaired) electrons. The molecular weight excluding hydrogens is 207 g/mol. The first-order chi connectivity index (χ1) is 4.61. The van der Waals surface area contributed by atoms with Gasteiger partial charge in [0.05, 0.1) is 0 Å². The van der Waals surface area contributed by atoms with Crippen LogP contribution in [0.1, 0.15) is 0 Å². The first kappa shape index (κ1) is 7.27. The molecule has 0 spiro atoms. The SMILES string of the molecule is O=C1C=C([Se](=O)O)C(=O)O1. The van der Waals surface area contributed by atoms with Crippen molar-refractivity contribution in [1.82, 2.24) is 0 Å². The molecule has 6 heteroatoms. The van der Waals surface area contributed by atoms with E-state index in [0.717, 1.165) is 6.08 Å². The predicted octanol–water partition coefficient (Wildman–Crippen LogP) is -1.55. The first-order valence-corrected chi connectivity index (χ1v) is 4.52. The van der Waals surface area contributed by atoms with Gasteiger partial charge in [-0.05, 0) is 0 Å². The van der Waals surface area contributed by atoms with Crippen LogP contribution in [0, 0.1) is 0 Å². The summed E-state index contributed by atoms with van der Waals surface area (Å²) in [6.45, 7) is 0. The molecule has 1 aliphatic heterocycles. The topological polar surface area (TPSA) is 80.7 Å². The third-order valence-electron chi connectivity index (χ3n) is 0.832. The summed E-state index contributed by atoms with van der Waals surface area (Å²) >= 11 is -3.28. The third kappa shape index (κ3) is 1.18. The summed E-state index contributed by atoms with van der Waals surface area (Å²) in [5.74, 6) is -1.88. The van der Waals surface area contributed by atoms with E-state index in [1.165, 1.54) is 0 Å². The van der Waals surface area contributed by atoms with Crippen LogP contribution in [0.4, 0.5) is 0 Å². The second-order valence-corrected chi connectivity index (χ2v) is 3.43. The van der Waals surface area contributed by atoms with Crippen LogP contribution in [-0.4, -0.2) is 30.3 Å². The van der Waals surface area contributed by atoms with Gasteiger partial charge in [-0.3, -0.25) is 0 Å². The Labute approximate surface area is 59.7 Å². The molecule has 1 rings (SSSR count). The molecule has 1 aliphatic rings. The van der Waals surface area contributed by atoms with E-state index in [0.29, 0.717) is 0 Å². The van der Waals surface area contributed by atoms with Gasteiger partial charge in [-0.15, -0.1) is 0 Å². The van der Waals surface area contributed by atoms with Crippen LogP contribution in [0.5, 0.6) is 0 Å². The Hall–Kier alpha value is -0.841. The van der Waals surface area contributed by atoms with Gasteiger partial charge < -0.3 is 0 Å². The second-order valence-electron chi connectivity index (χ2n) is 1.47. The molecule has 10 heavy (non-hydrogen) atoms. The van der Waals surface area contributed by atoms with E-state index in [4.69, 9.17) is 4.19 Å². The first-order valence-electron chi connectivity index (χ1n) is 2.20. The molecule has 1 heterocycles. The van der Waals surface area contributed by atoms with Crippen LogP contribution in [-0.2, 0) is 18.2 Å². The van der Waals surface area contributed by atoms with Crippen LogP contribution in [0.25, 0.3) is 0 Å². The van der Waals surface area contributed by atoms with Crippen molar-refractivity contribution in [2.45, 2.75) is 0 Å². The molecule has 0 aromatic rings. The van der Waals surface area contributed by atoms with E-state index < -0.39 is 30.6 Å². The molecule has 0 aromatic carbocycles. The van der Waals surface area contributed by atoms with Gasteiger partial charge >= 0.3 is 59.0 Å². The van der Waals surface area contributed by atoms with Gasteiger partial charge in [0.15, 0.2) is 0 Å². The Morgan fingerprint density at radius 3 is 2.30 bits per heavy atom. The Morgan fingerprint density at radius 2 is 2.10 bits per heavy atom. The molecule has 54 valence electrons. The Morgan fingerprint density at radius 1 is 1.50 bits per heavy atom. The predicted molar refractivity (Wildman–Crippen MR) is 27.8 cm³/mol. The van der Waals surface area contributed by atoms with Gasteiger partial charge in [0, 0.05) is 0 Å². The van der Waals surface area contributed by atoms with Crippen LogP contribution in [0.15, 0.2) is 10.5 Å². The van der Waals surface area contributed by atoms with Crippen molar-refractivity contribution >= 4 is 26.1 Å². The fraction of sp³-hybridized carbons (Fsp3) is 0. The van der Waals surface area contributed by atoms with Crippen LogP contribution in [0.3, 0.4) is 0 Å².